The number of aromatic nitrogens is 1. The van der Waals surface area contributed by atoms with E-state index in [1.165, 1.54) is 44.2 Å². The van der Waals surface area contributed by atoms with Crippen LogP contribution in [0.25, 0.3) is 60.6 Å². The van der Waals surface area contributed by atoms with Crippen LogP contribution in [0.4, 0.5) is 0 Å². The number of amidine groups is 2. The number of rotatable bonds is 6. The summed E-state index contributed by atoms with van der Waals surface area (Å²) in [6, 6.07) is 77.9. The standard InChI is InChI=1S/C58H38N4O/c1-5-18-37(19-6-1)55-59-56(38-32-33-43-42-26-13-15-29-48(42)58(49(43)34-38,39-20-7-2-8-21-39)40-22-9-3-10-23-40)61-57(60-55)45-28-17-31-52-54(45)47-35-46-44-27-14-16-30-50(44)62(41-24-11-4-12-25-41)51(46)36-53(47)63-52/h1-36,57H,(H,59,60,61). The Bertz CT molecular complexity index is 3600. The Labute approximate surface area is 364 Å². The summed E-state index contributed by atoms with van der Waals surface area (Å²) in [4.78, 5) is 10.9. The fourth-order valence-corrected chi connectivity index (χ4v) is 10.5. The summed E-state index contributed by atoms with van der Waals surface area (Å²) in [7, 11) is 0. The first-order valence-electron chi connectivity index (χ1n) is 21.5. The molecule has 0 amide bonds. The molecule has 0 bridgehead atoms. The summed E-state index contributed by atoms with van der Waals surface area (Å²) < 4.78 is 9.09. The van der Waals surface area contributed by atoms with Gasteiger partial charge in [-0.1, -0.05) is 176 Å². The maximum Gasteiger partial charge on any atom is 0.170 e. The average Bonchev–Trinajstić information content (AvgIpc) is 3.99. The van der Waals surface area contributed by atoms with Crippen LogP contribution in [-0.2, 0) is 5.41 Å². The van der Waals surface area contributed by atoms with Crippen molar-refractivity contribution in [1.82, 2.24) is 9.88 Å². The van der Waals surface area contributed by atoms with Crippen molar-refractivity contribution < 1.29 is 4.42 Å². The molecule has 5 heteroatoms. The van der Waals surface area contributed by atoms with Gasteiger partial charge in [0.15, 0.2) is 6.17 Å². The van der Waals surface area contributed by atoms with Crippen molar-refractivity contribution in [1.29, 1.82) is 0 Å². The van der Waals surface area contributed by atoms with Crippen LogP contribution in [0.3, 0.4) is 0 Å². The Hall–Kier alpha value is -8.28. The summed E-state index contributed by atoms with van der Waals surface area (Å²) in [5.74, 6) is 1.53. The lowest BCUT2D eigenvalue weighted by Crippen LogP contribution is -2.36. The van der Waals surface area contributed by atoms with Crippen molar-refractivity contribution in [3.63, 3.8) is 0 Å². The Balaban J connectivity index is 1.03. The highest BCUT2D eigenvalue weighted by Gasteiger charge is 2.46. The second kappa shape index (κ2) is 13.9. The van der Waals surface area contributed by atoms with Gasteiger partial charge in [-0.05, 0) is 69.8 Å². The maximum atomic E-state index is 6.76. The van der Waals surface area contributed by atoms with Crippen LogP contribution in [0.5, 0.6) is 0 Å². The molecule has 0 spiro atoms. The second-order valence-corrected chi connectivity index (χ2v) is 16.5. The minimum absolute atomic E-state index is 0.536. The van der Waals surface area contributed by atoms with Crippen molar-refractivity contribution in [2.45, 2.75) is 11.6 Å². The van der Waals surface area contributed by atoms with Crippen LogP contribution in [0.1, 0.15) is 45.1 Å². The van der Waals surface area contributed by atoms with Gasteiger partial charge in [0.25, 0.3) is 0 Å². The van der Waals surface area contributed by atoms with Crippen molar-refractivity contribution in [2.75, 3.05) is 0 Å². The van der Waals surface area contributed by atoms with Crippen LogP contribution >= 0.6 is 0 Å². The number of aliphatic imine (C=N–C) groups is 2. The van der Waals surface area contributed by atoms with Gasteiger partial charge in [0, 0.05) is 50.0 Å². The van der Waals surface area contributed by atoms with E-state index in [-0.39, 0.29) is 0 Å². The zero-order valence-corrected chi connectivity index (χ0v) is 34.1. The zero-order valence-electron chi connectivity index (χ0n) is 34.1. The molecule has 11 aromatic rings. The fourth-order valence-electron chi connectivity index (χ4n) is 10.5. The summed E-state index contributed by atoms with van der Waals surface area (Å²) in [5, 5.41) is 8.15. The van der Waals surface area contributed by atoms with Crippen LogP contribution in [0, 0.1) is 0 Å². The highest BCUT2D eigenvalue weighted by molar-refractivity contribution is 6.19. The Kier molecular flexibility index (Phi) is 7.81. The lowest BCUT2D eigenvalue weighted by atomic mass is 9.67. The Morgan fingerprint density at radius 2 is 1.08 bits per heavy atom. The molecular weight excluding hydrogens is 769 g/mol. The second-order valence-electron chi connectivity index (χ2n) is 16.5. The highest BCUT2D eigenvalue weighted by Crippen LogP contribution is 2.56. The van der Waals surface area contributed by atoms with Gasteiger partial charge in [-0.25, -0.2) is 9.98 Å². The molecule has 1 aliphatic heterocycles. The summed E-state index contributed by atoms with van der Waals surface area (Å²) in [6.07, 6.45) is -0.555. The predicted octanol–water partition coefficient (Wildman–Crippen LogP) is 13.5. The molecule has 13 rings (SSSR count). The average molecular weight is 807 g/mol. The van der Waals surface area contributed by atoms with Gasteiger partial charge in [-0.2, -0.15) is 0 Å². The van der Waals surface area contributed by atoms with Crippen molar-refractivity contribution >= 4 is 55.4 Å². The molecule has 5 nitrogen and oxygen atoms in total. The highest BCUT2D eigenvalue weighted by atomic mass is 16.3. The summed E-state index contributed by atoms with van der Waals surface area (Å²) in [5.41, 5.74) is 14.9. The first-order chi connectivity index (χ1) is 31.2. The SMILES string of the molecule is c1ccc(C2=NC(c3cccc4oc5cc6c(cc5c34)c3ccccc3n6-c3ccccc3)N=C(c3ccc4c(c3)C(c3ccccc3)(c3ccccc3)c3ccccc3-4)N2)cc1. The summed E-state index contributed by atoms with van der Waals surface area (Å²) >= 11 is 0. The largest absolute Gasteiger partial charge is 0.456 e. The Morgan fingerprint density at radius 1 is 0.444 bits per heavy atom. The number of benzene rings is 9. The van der Waals surface area contributed by atoms with Gasteiger partial charge in [-0.15, -0.1) is 0 Å². The Morgan fingerprint density at radius 3 is 1.84 bits per heavy atom. The van der Waals surface area contributed by atoms with Gasteiger partial charge in [0.05, 0.1) is 16.4 Å². The summed E-state index contributed by atoms with van der Waals surface area (Å²) in [6.45, 7) is 0. The minimum atomic E-state index is -0.555. The third kappa shape index (κ3) is 5.30. The molecule has 1 unspecified atom stereocenters. The molecule has 296 valence electrons. The van der Waals surface area contributed by atoms with E-state index in [0.29, 0.717) is 0 Å². The molecule has 2 aliphatic rings. The molecule has 1 atom stereocenters. The number of hydrogen-bond acceptors (Lipinski definition) is 4. The monoisotopic (exact) mass is 806 g/mol. The maximum absolute atomic E-state index is 6.76. The third-order valence-electron chi connectivity index (χ3n) is 13.1. The molecule has 1 N–H and O–H groups in total. The predicted molar refractivity (Wildman–Crippen MR) is 257 cm³/mol. The molecular formula is C58H38N4O. The number of fused-ring (bicyclic) bond motifs is 9. The molecule has 9 aromatic carbocycles. The van der Waals surface area contributed by atoms with E-state index < -0.39 is 11.6 Å². The molecule has 0 radical (unpaired) electrons. The fraction of sp³-hybridized carbons (Fsp3) is 0.0345. The number of nitrogens with zero attached hydrogens (tertiary/aromatic N) is 3. The van der Waals surface area contributed by atoms with Gasteiger partial charge in [-0.3, -0.25) is 0 Å². The number of para-hydroxylation sites is 2. The normalized spacial score (nSPS) is 15.3. The van der Waals surface area contributed by atoms with Crippen molar-refractivity contribution in [3.8, 4) is 16.8 Å². The van der Waals surface area contributed by atoms with E-state index in [0.717, 1.165) is 67.0 Å². The molecule has 0 saturated heterocycles. The van der Waals surface area contributed by atoms with Crippen LogP contribution in [-0.4, -0.2) is 16.2 Å². The molecule has 0 fully saturated rings. The number of hydrogen-bond donors (Lipinski definition) is 1. The van der Waals surface area contributed by atoms with E-state index >= 15 is 0 Å². The molecule has 63 heavy (non-hydrogen) atoms. The first-order valence-corrected chi connectivity index (χ1v) is 21.5. The number of furan rings is 1. The smallest absolute Gasteiger partial charge is 0.170 e. The van der Waals surface area contributed by atoms with Gasteiger partial charge < -0.3 is 14.3 Å². The minimum Gasteiger partial charge on any atom is -0.456 e. The quantitative estimate of drug-likeness (QED) is 0.182. The topological polar surface area (TPSA) is 54.8 Å². The van der Waals surface area contributed by atoms with Crippen LogP contribution < -0.4 is 5.32 Å². The number of nitrogens with one attached hydrogen (secondary N) is 1. The lowest BCUT2D eigenvalue weighted by Gasteiger charge is -2.34. The third-order valence-corrected chi connectivity index (χ3v) is 13.1. The van der Waals surface area contributed by atoms with Crippen LogP contribution in [0.2, 0.25) is 0 Å². The molecule has 1 aliphatic carbocycles. The zero-order chi connectivity index (χ0) is 41.5. The van der Waals surface area contributed by atoms with E-state index in [4.69, 9.17) is 14.4 Å². The molecule has 3 heterocycles. The van der Waals surface area contributed by atoms with Crippen LogP contribution in [0.15, 0.2) is 233 Å². The van der Waals surface area contributed by atoms with E-state index in [1.807, 2.05) is 6.07 Å². The van der Waals surface area contributed by atoms with E-state index in [1.54, 1.807) is 0 Å². The van der Waals surface area contributed by atoms with Crippen molar-refractivity contribution in [3.05, 3.63) is 257 Å². The van der Waals surface area contributed by atoms with Crippen molar-refractivity contribution in [2.24, 2.45) is 9.98 Å². The van der Waals surface area contributed by atoms with Gasteiger partial charge in [0.1, 0.15) is 22.8 Å². The molecule has 0 saturated carbocycles. The van der Waals surface area contributed by atoms with Gasteiger partial charge >= 0.3 is 0 Å². The van der Waals surface area contributed by atoms with E-state index in [2.05, 4.69) is 222 Å². The molecule has 2 aromatic heterocycles. The van der Waals surface area contributed by atoms with E-state index in [9.17, 15) is 0 Å². The first kappa shape index (κ1) is 35.5. The lowest BCUT2D eigenvalue weighted by molar-refractivity contribution is 0.668. The van der Waals surface area contributed by atoms with Gasteiger partial charge in [0.2, 0.25) is 0 Å².